The highest BCUT2D eigenvalue weighted by Crippen LogP contribution is 2.36. The van der Waals surface area contributed by atoms with Crippen molar-refractivity contribution in [1.82, 2.24) is 20.0 Å². The maximum Gasteiger partial charge on any atom is 0.227 e. The lowest BCUT2D eigenvalue weighted by atomic mass is 9.97. The van der Waals surface area contributed by atoms with Crippen molar-refractivity contribution in [3.8, 4) is 11.6 Å². The monoisotopic (exact) mass is 410 g/mol. The summed E-state index contributed by atoms with van der Waals surface area (Å²) in [5.74, 6) is 1.24. The van der Waals surface area contributed by atoms with Crippen LogP contribution >= 0.6 is 15.9 Å². The fraction of sp³-hybridized carbons (Fsp3) is 0.250. The number of nitrogens with zero attached hydrogens (tertiary/aromatic N) is 4. The lowest BCUT2D eigenvalue weighted by molar-refractivity contribution is 0.327. The topological polar surface area (TPSA) is 52.8 Å². The Morgan fingerprint density at radius 2 is 1.88 bits per heavy atom. The van der Waals surface area contributed by atoms with Gasteiger partial charge in [0.05, 0.1) is 9.99 Å². The lowest BCUT2D eigenvalue weighted by Gasteiger charge is -2.18. The molecule has 0 radical (unpaired) electrons. The summed E-state index contributed by atoms with van der Waals surface area (Å²) in [6, 6.07) is 13.9. The zero-order valence-electron chi connectivity index (χ0n) is 14.9. The number of halogens is 1. The molecule has 0 amide bonds. The second-order valence-corrected chi connectivity index (χ2v) is 8.29. The van der Waals surface area contributed by atoms with Crippen LogP contribution in [0.15, 0.2) is 53.1 Å². The normalized spacial score (nSPS) is 12.0. The van der Waals surface area contributed by atoms with E-state index in [1.165, 1.54) is 0 Å². The minimum Gasteiger partial charge on any atom is -0.437 e. The van der Waals surface area contributed by atoms with Gasteiger partial charge in [0, 0.05) is 18.1 Å². The van der Waals surface area contributed by atoms with Crippen molar-refractivity contribution in [2.75, 3.05) is 0 Å². The van der Waals surface area contributed by atoms with E-state index in [4.69, 9.17) is 4.74 Å². The number of aromatic nitrogens is 4. The molecule has 26 heavy (non-hydrogen) atoms. The van der Waals surface area contributed by atoms with Crippen LogP contribution in [0.1, 0.15) is 20.8 Å². The number of pyridine rings is 1. The summed E-state index contributed by atoms with van der Waals surface area (Å²) in [6.07, 6.45) is 1.75. The van der Waals surface area contributed by atoms with Crippen molar-refractivity contribution < 1.29 is 4.74 Å². The van der Waals surface area contributed by atoms with E-state index in [0.717, 1.165) is 32.8 Å². The van der Waals surface area contributed by atoms with Crippen LogP contribution in [0.3, 0.4) is 0 Å². The number of hydrogen-bond acceptors (Lipinski definition) is 4. The van der Waals surface area contributed by atoms with E-state index in [-0.39, 0.29) is 5.41 Å². The van der Waals surface area contributed by atoms with Crippen LogP contribution in [0.25, 0.3) is 21.8 Å². The fourth-order valence-corrected chi connectivity index (χ4v) is 3.40. The Hall–Kier alpha value is -2.47. The summed E-state index contributed by atoms with van der Waals surface area (Å²) in [7, 11) is 0. The molecule has 4 aromatic rings. The number of rotatable bonds is 3. The van der Waals surface area contributed by atoms with Crippen molar-refractivity contribution in [3.63, 3.8) is 0 Å². The molecule has 6 heteroatoms. The second-order valence-electron chi connectivity index (χ2n) is 7.49. The zero-order valence-corrected chi connectivity index (χ0v) is 16.5. The minimum atomic E-state index is 0.120. The Morgan fingerprint density at radius 3 is 2.69 bits per heavy atom. The number of fused-ring (bicyclic) bond motifs is 2. The summed E-state index contributed by atoms with van der Waals surface area (Å²) in [4.78, 5) is 4.39. The number of hydrogen-bond donors (Lipinski definition) is 0. The summed E-state index contributed by atoms with van der Waals surface area (Å²) in [6.45, 7) is 7.33. The Morgan fingerprint density at radius 1 is 1.08 bits per heavy atom. The third-order valence-electron chi connectivity index (χ3n) is 4.06. The predicted octanol–water partition coefficient (Wildman–Crippen LogP) is 5.58. The Balaban J connectivity index is 1.75. The van der Waals surface area contributed by atoms with E-state index in [0.29, 0.717) is 11.6 Å². The van der Waals surface area contributed by atoms with Gasteiger partial charge in [0.25, 0.3) is 0 Å². The first-order valence-corrected chi connectivity index (χ1v) is 9.25. The molecule has 2 heterocycles. The van der Waals surface area contributed by atoms with Crippen molar-refractivity contribution in [3.05, 3.63) is 53.1 Å². The van der Waals surface area contributed by atoms with Crippen LogP contribution in [0.4, 0.5) is 0 Å². The molecule has 2 aromatic carbocycles. The number of ether oxygens (including phenoxy) is 1. The summed E-state index contributed by atoms with van der Waals surface area (Å²) < 4.78 is 8.82. The van der Waals surface area contributed by atoms with Gasteiger partial charge in [0.1, 0.15) is 11.3 Å². The SMILES string of the molecule is CC(C)(C)Cn1nnc2c(Br)c(Oc3nccc4ccccc34)ccc21. The first kappa shape index (κ1) is 17.0. The molecule has 0 saturated carbocycles. The molecule has 0 spiro atoms. The molecule has 0 unspecified atom stereocenters. The molecule has 0 saturated heterocycles. The molecular formula is C20H19BrN4O. The van der Waals surface area contributed by atoms with Crippen LogP contribution in [0.2, 0.25) is 0 Å². The third kappa shape index (κ3) is 3.17. The minimum absolute atomic E-state index is 0.120. The van der Waals surface area contributed by atoms with Gasteiger partial charge in [-0.15, -0.1) is 5.10 Å². The largest absolute Gasteiger partial charge is 0.437 e. The molecule has 0 aliphatic heterocycles. The molecule has 0 atom stereocenters. The molecule has 5 nitrogen and oxygen atoms in total. The Kier molecular flexibility index (Phi) is 4.15. The van der Waals surface area contributed by atoms with Crippen molar-refractivity contribution >= 4 is 37.7 Å². The van der Waals surface area contributed by atoms with Gasteiger partial charge in [-0.05, 0) is 51.0 Å². The van der Waals surface area contributed by atoms with E-state index in [1.54, 1.807) is 6.20 Å². The van der Waals surface area contributed by atoms with Gasteiger partial charge in [0.15, 0.2) is 0 Å². The summed E-state index contributed by atoms with van der Waals surface area (Å²) in [5, 5.41) is 10.7. The average molecular weight is 411 g/mol. The summed E-state index contributed by atoms with van der Waals surface area (Å²) >= 11 is 3.63. The van der Waals surface area contributed by atoms with Crippen LogP contribution in [-0.2, 0) is 6.54 Å². The third-order valence-corrected chi connectivity index (χ3v) is 4.82. The predicted molar refractivity (Wildman–Crippen MR) is 107 cm³/mol. The highest BCUT2D eigenvalue weighted by molar-refractivity contribution is 9.10. The first-order valence-electron chi connectivity index (χ1n) is 8.46. The molecule has 0 aliphatic rings. The van der Waals surface area contributed by atoms with Crippen molar-refractivity contribution in [2.45, 2.75) is 27.3 Å². The second kappa shape index (κ2) is 6.36. The smallest absolute Gasteiger partial charge is 0.227 e. The lowest BCUT2D eigenvalue weighted by Crippen LogP contribution is -2.16. The van der Waals surface area contributed by atoms with Gasteiger partial charge in [-0.3, -0.25) is 0 Å². The Bertz CT molecular complexity index is 1090. The van der Waals surface area contributed by atoms with Gasteiger partial charge < -0.3 is 4.74 Å². The molecule has 2 aromatic heterocycles. The molecular weight excluding hydrogens is 392 g/mol. The van der Waals surface area contributed by atoms with E-state index in [9.17, 15) is 0 Å². The molecule has 132 valence electrons. The van der Waals surface area contributed by atoms with E-state index in [1.807, 2.05) is 47.1 Å². The Labute approximate surface area is 160 Å². The van der Waals surface area contributed by atoms with Crippen LogP contribution in [-0.4, -0.2) is 20.0 Å². The van der Waals surface area contributed by atoms with E-state index in [2.05, 4.69) is 52.0 Å². The molecule has 0 N–H and O–H groups in total. The van der Waals surface area contributed by atoms with Gasteiger partial charge in [-0.1, -0.05) is 44.2 Å². The standard InChI is InChI=1S/C20H19BrN4O/c1-20(2,3)12-25-15-8-9-16(17(21)18(15)23-24-25)26-19-14-7-5-4-6-13(14)10-11-22-19/h4-11H,12H2,1-3H3. The maximum absolute atomic E-state index is 6.11. The highest BCUT2D eigenvalue weighted by atomic mass is 79.9. The number of benzene rings is 2. The quantitative estimate of drug-likeness (QED) is 0.442. The first-order chi connectivity index (χ1) is 12.4. The van der Waals surface area contributed by atoms with Gasteiger partial charge in [-0.25, -0.2) is 9.67 Å². The van der Waals surface area contributed by atoms with Crippen LogP contribution < -0.4 is 4.74 Å². The van der Waals surface area contributed by atoms with Crippen LogP contribution in [0, 0.1) is 5.41 Å². The van der Waals surface area contributed by atoms with Gasteiger partial charge >= 0.3 is 0 Å². The molecule has 0 aliphatic carbocycles. The molecule has 0 fully saturated rings. The summed E-state index contributed by atoms with van der Waals surface area (Å²) in [5.41, 5.74) is 1.88. The fourth-order valence-electron chi connectivity index (χ4n) is 2.91. The van der Waals surface area contributed by atoms with E-state index < -0.39 is 0 Å². The highest BCUT2D eigenvalue weighted by Gasteiger charge is 2.18. The van der Waals surface area contributed by atoms with Crippen molar-refractivity contribution in [1.29, 1.82) is 0 Å². The molecule has 0 bridgehead atoms. The molecule has 4 rings (SSSR count). The van der Waals surface area contributed by atoms with Crippen molar-refractivity contribution in [2.24, 2.45) is 5.41 Å². The van der Waals surface area contributed by atoms with Gasteiger partial charge in [-0.2, -0.15) is 0 Å². The van der Waals surface area contributed by atoms with E-state index >= 15 is 0 Å². The maximum atomic E-state index is 6.11. The van der Waals surface area contributed by atoms with Crippen LogP contribution in [0.5, 0.6) is 11.6 Å². The average Bonchev–Trinajstić information content (AvgIpc) is 2.99. The zero-order chi connectivity index (χ0) is 18.3. The van der Waals surface area contributed by atoms with Gasteiger partial charge in [0.2, 0.25) is 5.88 Å².